The van der Waals surface area contributed by atoms with Crippen LogP contribution in [-0.2, 0) is 40.1 Å². The van der Waals surface area contributed by atoms with Gasteiger partial charge in [0.1, 0.15) is 27.5 Å². The predicted octanol–water partition coefficient (Wildman–Crippen LogP) is -0.187. The van der Waals surface area contributed by atoms with Crippen molar-refractivity contribution in [1.82, 2.24) is 31.2 Å². The van der Waals surface area contributed by atoms with E-state index < -0.39 is 84.0 Å². The Balaban J connectivity index is 1.39. The van der Waals surface area contributed by atoms with Crippen molar-refractivity contribution in [2.24, 2.45) is 5.73 Å². The van der Waals surface area contributed by atoms with E-state index in [0.717, 1.165) is 11.3 Å². The number of hydrogen-bond acceptors (Lipinski definition) is 12. The van der Waals surface area contributed by atoms with Crippen molar-refractivity contribution in [3.05, 3.63) is 21.5 Å². The third kappa shape index (κ3) is 10.8. The maximum absolute atomic E-state index is 12.8. The Hall–Kier alpha value is -4.58. The summed E-state index contributed by atoms with van der Waals surface area (Å²) < 4.78 is 0. The van der Waals surface area contributed by atoms with Gasteiger partial charge in [-0.1, -0.05) is 0 Å². The van der Waals surface area contributed by atoms with Gasteiger partial charge in [0.25, 0.3) is 0 Å². The highest BCUT2D eigenvalue weighted by molar-refractivity contribution is 7.14. The zero-order valence-corrected chi connectivity index (χ0v) is 26.1. The smallest absolute Gasteiger partial charge is 0.355 e. The molecule has 0 aromatic carbocycles. The monoisotopic (exact) mass is 663 g/mol. The topological polar surface area (TPSA) is 257 Å². The second-order valence-corrected chi connectivity index (χ2v) is 12.4. The number of thiazole rings is 2. The summed E-state index contributed by atoms with van der Waals surface area (Å²) in [5.41, 5.74) is 4.31. The second kappa shape index (κ2) is 15.4. The number of carbonyl (C=O) groups excluding carboxylic acids is 7. The highest BCUT2D eigenvalue weighted by Crippen LogP contribution is 2.37. The fourth-order valence-corrected chi connectivity index (χ4v) is 5.70. The molecule has 0 unspecified atom stereocenters. The molecule has 2 atom stereocenters. The van der Waals surface area contributed by atoms with Gasteiger partial charge in [-0.15, -0.1) is 22.7 Å². The molecule has 0 aliphatic heterocycles. The number of carboxylic acid groups (broad SMARTS) is 1. The first-order valence-corrected chi connectivity index (χ1v) is 15.6. The van der Waals surface area contributed by atoms with Gasteiger partial charge in [0, 0.05) is 30.1 Å². The van der Waals surface area contributed by atoms with Crippen molar-refractivity contribution in [3.63, 3.8) is 0 Å². The van der Waals surface area contributed by atoms with Crippen molar-refractivity contribution < 1.29 is 43.5 Å². The zero-order valence-electron chi connectivity index (χ0n) is 24.5. The standard InChI is InChI=1S/C27H33N7O9S2/c1-13(30-24(41)16(8-20(28)38)31-14(2)35)3-4-15(36)7-22(40)34-27(5-6-27)19(37)9-21(39)29-10-23-32-17(11-44-23)25-33-18(12-45-25)26(42)43/h11-13,16H,3-10H2,1-2H3,(H2,28,38)(H,29,39)(H,30,41)(H,31,35)(H,34,40)(H,42,43)/t13-,16+/m0/s1. The van der Waals surface area contributed by atoms with Crippen molar-refractivity contribution in [3.8, 4) is 10.7 Å². The molecular weight excluding hydrogens is 630 g/mol. The number of ketones is 2. The van der Waals surface area contributed by atoms with Crippen molar-refractivity contribution in [2.75, 3.05) is 0 Å². The van der Waals surface area contributed by atoms with Crippen LogP contribution in [0.4, 0.5) is 0 Å². The lowest BCUT2D eigenvalue weighted by molar-refractivity contribution is -0.135. The Labute approximate surface area is 264 Å². The molecule has 45 heavy (non-hydrogen) atoms. The van der Waals surface area contributed by atoms with Crippen LogP contribution in [0, 0.1) is 0 Å². The number of hydrogen-bond donors (Lipinski definition) is 6. The number of amides is 5. The summed E-state index contributed by atoms with van der Waals surface area (Å²) in [7, 11) is 0. The van der Waals surface area contributed by atoms with Gasteiger partial charge in [-0.05, 0) is 26.2 Å². The number of carboxylic acids is 1. The van der Waals surface area contributed by atoms with Crippen LogP contribution in [0.5, 0.6) is 0 Å². The normalized spacial score (nSPS) is 14.4. The van der Waals surface area contributed by atoms with Crippen LogP contribution >= 0.6 is 22.7 Å². The number of nitrogens with one attached hydrogen (secondary N) is 4. The highest BCUT2D eigenvalue weighted by Gasteiger charge is 2.51. The minimum atomic E-state index is -1.20. The fraction of sp³-hybridized carbons (Fsp3) is 0.481. The van der Waals surface area contributed by atoms with E-state index in [-0.39, 0.29) is 25.1 Å². The first kappa shape index (κ1) is 34.9. The molecular formula is C27H33N7O9S2. The van der Waals surface area contributed by atoms with Crippen LogP contribution in [0.15, 0.2) is 10.8 Å². The van der Waals surface area contributed by atoms with Gasteiger partial charge in [-0.3, -0.25) is 33.6 Å². The Morgan fingerprint density at radius 3 is 2.31 bits per heavy atom. The van der Waals surface area contributed by atoms with E-state index >= 15 is 0 Å². The van der Waals surface area contributed by atoms with Crippen LogP contribution in [0.1, 0.15) is 74.3 Å². The summed E-state index contributed by atoms with van der Waals surface area (Å²) in [5, 5.41) is 23.2. The lowest BCUT2D eigenvalue weighted by Crippen LogP contribution is -2.50. The minimum absolute atomic E-state index is 0.0414. The first-order chi connectivity index (χ1) is 21.2. The Morgan fingerprint density at radius 1 is 1.00 bits per heavy atom. The lowest BCUT2D eigenvalue weighted by Gasteiger charge is -2.20. The summed E-state index contributed by atoms with van der Waals surface area (Å²) in [6.07, 6.45) is -0.557. The van der Waals surface area contributed by atoms with Crippen LogP contribution < -0.4 is 27.0 Å². The van der Waals surface area contributed by atoms with Gasteiger partial charge in [0.15, 0.2) is 11.5 Å². The van der Waals surface area contributed by atoms with E-state index in [0.29, 0.717) is 28.6 Å². The summed E-state index contributed by atoms with van der Waals surface area (Å²) in [4.78, 5) is 104. The molecule has 2 aromatic rings. The average Bonchev–Trinajstić information content (AvgIpc) is 3.32. The minimum Gasteiger partial charge on any atom is -0.476 e. The molecule has 242 valence electrons. The van der Waals surface area contributed by atoms with E-state index in [2.05, 4.69) is 31.2 Å². The maximum Gasteiger partial charge on any atom is 0.355 e. The third-order valence-electron chi connectivity index (χ3n) is 6.62. The molecule has 7 N–H and O–H groups in total. The molecule has 2 heterocycles. The van der Waals surface area contributed by atoms with E-state index in [1.807, 2.05) is 0 Å². The zero-order chi connectivity index (χ0) is 33.3. The molecule has 1 fully saturated rings. The van der Waals surface area contributed by atoms with E-state index in [1.165, 1.54) is 23.6 Å². The van der Waals surface area contributed by atoms with Crippen molar-refractivity contribution >= 4 is 69.7 Å². The predicted molar refractivity (Wildman–Crippen MR) is 160 cm³/mol. The Morgan fingerprint density at radius 2 is 1.71 bits per heavy atom. The van der Waals surface area contributed by atoms with Crippen LogP contribution in [0.25, 0.3) is 10.7 Å². The van der Waals surface area contributed by atoms with Gasteiger partial charge in [0.2, 0.25) is 29.5 Å². The number of nitrogens with two attached hydrogens (primary N) is 1. The largest absolute Gasteiger partial charge is 0.476 e. The quantitative estimate of drug-likeness (QED) is 0.114. The Kier molecular flexibility index (Phi) is 12.0. The molecule has 2 aromatic heterocycles. The van der Waals surface area contributed by atoms with E-state index in [4.69, 9.17) is 10.8 Å². The number of aromatic carboxylic acids is 1. The molecule has 0 bridgehead atoms. The van der Waals surface area contributed by atoms with Gasteiger partial charge in [-0.25, -0.2) is 14.8 Å². The van der Waals surface area contributed by atoms with Crippen LogP contribution in [0.3, 0.4) is 0 Å². The molecule has 0 radical (unpaired) electrons. The number of nitrogens with zero attached hydrogens (tertiary/aromatic N) is 2. The molecule has 18 heteroatoms. The third-order valence-corrected chi connectivity index (χ3v) is 8.33. The van der Waals surface area contributed by atoms with Crippen molar-refractivity contribution in [1.29, 1.82) is 0 Å². The summed E-state index contributed by atoms with van der Waals surface area (Å²) in [6.45, 7) is 2.85. The Bertz CT molecular complexity index is 1480. The second-order valence-electron chi connectivity index (χ2n) is 10.6. The lowest BCUT2D eigenvalue weighted by atomic mass is 10.0. The SMILES string of the molecule is CC(=O)N[C@H](CC(N)=O)C(=O)N[C@@H](C)CCC(=O)CC(=O)NC1(C(=O)CC(=O)NCc2nc(-c3nc(C(=O)O)cs3)cs2)CC1. The molecule has 0 saturated heterocycles. The summed E-state index contributed by atoms with van der Waals surface area (Å²) in [6, 6.07) is -1.67. The molecule has 1 aliphatic carbocycles. The number of carbonyl (C=O) groups is 8. The first-order valence-electron chi connectivity index (χ1n) is 13.8. The number of primary amides is 1. The maximum atomic E-state index is 12.8. The number of rotatable bonds is 18. The van der Waals surface area contributed by atoms with E-state index in [1.54, 1.807) is 12.3 Å². The molecule has 5 amide bonds. The molecule has 0 spiro atoms. The van der Waals surface area contributed by atoms with Crippen LogP contribution in [0.2, 0.25) is 0 Å². The molecule has 1 aliphatic rings. The van der Waals surface area contributed by atoms with Gasteiger partial charge < -0.3 is 32.1 Å². The van der Waals surface area contributed by atoms with Gasteiger partial charge in [0.05, 0.1) is 31.3 Å². The number of aromatic nitrogens is 2. The molecule has 16 nitrogen and oxygen atoms in total. The summed E-state index contributed by atoms with van der Waals surface area (Å²) in [5.74, 6) is -5.20. The summed E-state index contributed by atoms with van der Waals surface area (Å²) >= 11 is 2.37. The van der Waals surface area contributed by atoms with Crippen LogP contribution in [-0.4, -0.2) is 79.8 Å². The molecule has 3 rings (SSSR count). The fourth-order valence-electron chi connectivity index (χ4n) is 4.16. The van der Waals surface area contributed by atoms with Crippen molar-refractivity contribution in [2.45, 2.75) is 83.0 Å². The average molecular weight is 664 g/mol. The van der Waals surface area contributed by atoms with E-state index in [9.17, 15) is 38.4 Å². The van der Waals surface area contributed by atoms with Gasteiger partial charge >= 0.3 is 5.97 Å². The molecule has 1 saturated carbocycles. The van der Waals surface area contributed by atoms with Gasteiger partial charge in [-0.2, -0.15) is 0 Å². The highest BCUT2D eigenvalue weighted by atomic mass is 32.1. The number of Topliss-reactive ketones (excluding diaryl/α,β-unsaturated/α-hetero) is 2.